The fourth-order valence-electron chi connectivity index (χ4n) is 6.33. The van der Waals surface area contributed by atoms with Crippen LogP contribution in [0, 0.1) is 11.3 Å². The van der Waals surface area contributed by atoms with Gasteiger partial charge in [-0.25, -0.2) is 13.2 Å². The molecule has 270 valence electrons. The third-order valence-electron chi connectivity index (χ3n) is 9.92. The number of hydrogen-bond acceptors (Lipinski definition) is 11. The van der Waals surface area contributed by atoms with Crippen LogP contribution in [0.4, 0.5) is 4.79 Å². The Morgan fingerprint density at radius 1 is 1.10 bits per heavy atom. The van der Waals surface area contributed by atoms with E-state index in [1.165, 1.54) is 15.8 Å². The van der Waals surface area contributed by atoms with Crippen LogP contribution in [0.2, 0.25) is 0 Å². The predicted molar refractivity (Wildman–Crippen MR) is 179 cm³/mol. The molecule has 0 spiro atoms. The summed E-state index contributed by atoms with van der Waals surface area (Å²) in [5.41, 5.74) is -1.66. The number of carbonyl (C=O) groups is 4. The van der Waals surface area contributed by atoms with E-state index in [9.17, 15) is 27.6 Å². The summed E-state index contributed by atoms with van der Waals surface area (Å²) >= 11 is 0. The number of ether oxygens (including phenoxy) is 2. The zero-order valence-corrected chi connectivity index (χ0v) is 29.4. The maximum absolute atomic E-state index is 14.4. The summed E-state index contributed by atoms with van der Waals surface area (Å²) in [5, 5.41) is 17.9. The standard InChI is InChI=1S/C33H44N8O8S/c1-6-20-17-33(20,30(44)38-50(46,47)24-14-15-24)35-28(42)25-16-21(41-37-27(36-39-41)19-10-12-22(48-5)13-11-19)18-40(25)29(43)26(32(2,3)4)34-31(45)49-23-8-7-9-23/h6,10-13,20-21,23-26H,1,7-9,14-18H2,2-5H3,(H,34,45)(H,35,42)(H,38,44)/t20-,21-,25+,26-,33-/m1/s1. The first kappa shape index (κ1) is 35.3. The van der Waals surface area contributed by atoms with Gasteiger partial charge in [0.15, 0.2) is 0 Å². The van der Waals surface area contributed by atoms with E-state index in [1.54, 1.807) is 52.1 Å². The number of benzene rings is 1. The van der Waals surface area contributed by atoms with Crippen LogP contribution in [0.15, 0.2) is 36.9 Å². The van der Waals surface area contributed by atoms with Gasteiger partial charge in [-0.15, -0.1) is 16.8 Å². The zero-order chi connectivity index (χ0) is 36.0. The van der Waals surface area contributed by atoms with Gasteiger partial charge in [0.1, 0.15) is 29.5 Å². The average Bonchev–Trinajstić information content (AvgIpc) is 3.93. The van der Waals surface area contributed by atoms with Gasteiger partial charge in [0.25, 0.3) is 5.91 Å². The first-order valence-corrected chi connectivity index (χ1v) is 18.4. The molecule has 0 bridgehead atoms. The number of aromatic nitrogens is 4. The van der Waals surface area contributed by atoms with Crippen LogP contribution in [0.3, 0.4) is 0 Å². The van der Waals surface area contributed by atoms with Crippen LogP contribution in [-0.2, 0) is 29.1 Å². The lowest BCUT2D eigenvalue weighted by atomic mass is 9.85. The highest BCUT2D eigenvalue weighted by Crippen LogP contribution is 2.46. The van der Waals surface area contributed by atoms with Gasteiger partial charge in [0, 0.05) is 24.4 Å². The number of rotatable bonds is 12. The van der Waals surface area contributed by atoms with Crippen molar-refractivity contribution < 1.29 is 37.1 Å². The number of hydrogen-bond donors (Lipinski definition) is 3. The summed E-state index contributed by atoms with van der Waals surface area (Å²) in [4.78, 5) is 57.6. The molecule has 2 heterocycles. The van der Waals surface area contributed by atoms with Gasteiger partial charge in [0.2, 0.25) is 27.7 Å². The van der Waals surface area contributed by atoms with Gasteiger partial charge in [0.05, 0.1) is 18.4 Å². The molecular formula is C33H44N8O8S. The number of nitrogens with zero attached hydrogens (tertiary/aromatic N) is 5. The highest BCUT2D eigenvalue weighted by molar-refractivity contribution is 7.91. The summed E-state index contributed by atoms with van der Waals surface area (Å²) in [6.45, 7) is 9.12. The van der Waals surface area contributed by atoms with Gasteiger partial charge in [-0.3, -0.25) is 19.1 Å². The van der Waals surface area contributed by atoms with Gasteiger partial charge >= 0.3 is 6.09 Å². The van der Waals surface area contributed by atoms with Crippen molar-refractivity contribution in [3.8, 4) is 17.1 Å². The molecule has 2 aromatic rings. The number of likely N-dealkylation sites (tertiary alicyclic amines) is 1. The topological polar surface area (TPSA) is 204 Å². The predicted octanol–water partition coefficient (Wildman–Crippen LogP) is 1.85. The molecule has 1 aromatic heterocycles. The number of carbonyl (C=O) groups excluding carboxylic acids is 4. The minimum absolute atomic E-state index is 0.0125. The van der Waals surface area contributed by atoms with E-state index in [2.05, 4.69) is 37.3 Å². The summed E-state index contributed by atoms with van der Waals surface area (Å²) < 4.78 is 38.2. The molecule has 50 heavy (non-hydrogen) atoms. The summed E-state index contributed by atoms with van der Waals surface area (Å²) in [7, 11) is -2.33. The molecule has 3 saturated carbocycles. The highest BCUT2D eigenvalue weighted by atomic mass is 32.2. The van der Waals surface area contributed by atoms with E-state index in [4.69, 9.17) is 9.47 Å². The van der Waals surface area contributed by atoms with Crippen molar-refractivity contribution in [3.63, 3.8) is 0 Å². The summed E-state index contributed by atoms with van der Waals surface area (Å²) in [6.07, 6.45) is 4.15. The van der Waals surface area contributed by atoms with E-state index >= 15 is 0 Å². The lowest BCUT2D eigenvalue weighted by Crippen LogP contribution is -2.60. The average molecular weight is 713 g/mol. The van der Waals surface area contributed by atoms with Gasteiger partial charge in [-0.1, -0.05) is 26.8 Å². The minimum Gasteiger partial charge on any atom is -0.497 e. The van der Waals surface area contributed by atoms with Crippen molar-refractivity contribution in [2.24, 2.45) is 11.3 Å². The number of sulfonamides is 1. The van der Waals surface area contributed by atoms with Gasteiger partial charge in [-0.2, -0.15) is 4.80 Å². The molecule has 4 aliphatic rings. The first-order valence-electron chi connectivity index (χ1n) is 16.9. The van der Waals surface area contributed by atoms with E-state index in [1.807, 2.05) is 0 Å². The normalized spacial score (nSPS) is 25.5. The van der Waals surface area contributed by atoms with Crippen LogP contribution < -0.4 is 20.1 Å². The van der Waals surface area contributed by atoms with E-state index in [0.717, 1.165) is 19.3 Å². The van der Waals surface area contributed by atoms with E-state index in [-0.39, 0.29) is 25.5 Å². The third-order valence-corrected chi connectivity index (χ3v) is 11.7. The maximum atomic E-state index is 14.4. The molecule has 0 unspecified atom stereocenters. The second kappa shape index (κ2) is 13.3. The van der Waals surface area contributed by atoms with Gasteiger partial charge in [-0.05, 0) is 73.4 Å². The number of nitrogens with one attached hydrogen (secondary N) is 3. The number of alkyl carbamates (subject to hydrolysis) is 1. The Bertz CT molecular complexity index is 1770. The Morgan fingerprint density at radius 3 is 2.36 bits per heavy atom. The molecule has 4 fully saturated rings. The molecule has 16 nitrogen and oxygen atoms in total. The summed E-state index contributed by atoms with van der Waals surface area (Å²) in [6, 6.07) is 4.27. The third kappa shape index (κ3) is 7.18. The van der Waals surface area contributed by atoms with Crippen LogP contribution in [-0.4, -0.2) is 100.0 Å². The summed E-state index contributed by atoms with van der Waals surface area (Å²) in [5.74, 6) is -1.58. The van der Waals surface area contributed by atoms with Crippen molar-refractivity contribution in [2.45, 2.75) is 101 Å². The molecule has 1 saturated heterocycles. The van der Waals surface area contributed by atoms with E-state index in [0.29, 0.717) is 30.0 Å². The molecule has 5 atom stereocenters. The molecule has 4 amide bonds. The number of tetrazole rings is 1. The number of amides is 4. The molecule has 1 aromatic carbocycles. The van der Waals surface area contributed by atoms with Crippen molar-refractivity contribution in [1.29, 1.82) is 0 Å². The molecule has 0 radical (unpaired) electrons. The van der Waals surface area contributed by atoms with Crippen molar-refractivity contribution >= 4 is 33.8 Å². The van der Waals surface area contributed by atoms with Crippen LogP contribution >= 0.6 is 0 Å². The Kier molecular flexibility index (Phi) is 9.39. The monoisotopic (exact) mass is 712 g/mol. The quantitative estimate of drug-likeness (QED) is 0.271. The molecule has 17 heteroatoms. The van der Waals surface area contributed by atoms with Gasteiger partial charge < -0.3 is 25.0 Å². The Balaban J connectivity index is 1.26. The second-order valence-electron chi connectivity index (χ2n) is 14.6. The SMILES string of the molecule is C=C[C@@H]1C[C@]1(NC(=O)[C@@H]1C[C@@H](n2nnc(-c3ccc(OC)cc3)n2)CN1C(=O)[C@@H](NC(=O)OC1CCC1)C(C)(C)C)C(=O)NS(=O)(=O)C1CC1. The molecule has 1 aliphatic heterocycles. The van der Waals surface area contributed by atoms with Crippen LogP contribution in [0.25, 0.3) is 11.4 Å². The molecule has 3 N–H and O–H groups in total. The Morgan fingerprint density at radius 2 is 1.80 bits per heavy atom. The minimum atomic E-state index is -3.89. The highest BCUT2D eigenvalue weighted by Gasteiger charge is 2.62. The molecule has 3 aliphatic carbocycles. The smallest absolute Gasteiger partial charge is 0.408 e. The zero-order valence-electron chi connectivity index (χ0n) is 28.6. The lowest BCUT2D eigenvalue weighted by Gasteiger charge is -2.36. The maximum Gasteiger partial charge on any atom is 0.408 e. The van der Waals surface area contributed by atoms with Crippen LogP contribution in [0.5, 0.6) is 5.75 Å². The van der Waals surface area contributed by atoms with Crippen LogP contribution in [0.1, 0.15) is 71.8 Å². The Labute approximate surface area is 290 Å². The van der Waals surface area contributed by atoms with E-state index < -0.39 is 74.1 Å². The van der Waals surface area contributed by atoms with Crippen molar-refractivity contribution in [2.75, 3.05) is 13.7 Å². The Hall–Kier alpha value is -4.54. The first-order chi connectivity index (χ1) is 23.6. The largest absolute Gasteiger partial charge is 0.497 e. The fourth-order valence-corrected chi connectivity index (χ4v) is 7.70. The van der Waals surface area contributed by atoms with Crippen molar-refractivity contribution in [1.82, 2.24) is 40.5 Å². The molecule has 6 rings (SSSR count). The second-order valence-corrected chi connectivity index (χ2v) is 16.6. The lowest BCUT2D eigenvalue weighted by molar-refractivity contribution is -0.142. The molecular weight excluding hydrogens is 668 g/mol. The fraction of sp³-hybridized carbons (Fsp3) is 0.606. The van der Waals surface area contributed by atoms with Crippen molar-refractivity contribution in [3.05, 3.63) is 36.9 Å². The number of methoxy groups -OCH3 is 1.